The van der Waals surface area contributed by atoms with Crippen LogP contribution in [0, 0.1) is 0 Å². The highest BCUT2D eigenvalue weighted by molar-refractivity contribution is 7.16. The van der Waals surface area contributed by atoms with Gasteiger partial charge in [-0.05, 0) is 25.8 Å². The third-order valence-electron chi connectivity index (χ3n) is 2.70. The molecule has 1 N–H and O–H groups in total. The van der Waals surface area contributed by atoms with E-state index in [9.17, 15) is 9.59 Å². The number of rotatable bonds is 9. The lowest BCUT2D eigenvalue weighted by Crippen LogP contribution is -2.16. The Kier molecular flexibility index (Phi) is 8.00. The number of esters is 1. The second kappa shape index (κ2) is 9.52. The molecule has 0 aliphatic rings. The van der Waals surface area contributed by atoms with Gasteiger partial charge in [0, 0.05) is 11.5 Å². The smallest absolute Gasteiger partial charge is 0.341 e. The average Bonchev–Trinajstić information content (AvgIpc) is 2.87. The lowest BCUT2D eigenvalue weighted by atomic mass is 10.2. The first-order valence-electron chi connectivity index (χ1n) is 7.29. The lowest BCUT2D eigenvalue weighted by molar-refractivity contribution is -0.117. The molecule has 0 saturated carbocycles. The summed E-state index contributed by atoms with van der Waals surface area (Å²) in [6.07, 6.45) is 2.02. The number of anilines is 1. The Bertz CT molecular complexity index is 470. The Balaban J connectivity index is 2.66. The van der Waals surface area contributed by atoms with Crippen molar-refractivity contribution in [3.8, 4) is 0 Å². The van der Waals surface area contributed by atoms with Gasteiger partial charge in [0.05, 0.1) is 25.2 Å². The van der Waals surface area contributed by atoms with Gasteiger partial charge in [0.25, 0.3) is 0 Å². The summed E-state index contributed by atoms with van der Waals surface area (Å²) in [7, 11) is 0. The summed E-state index contributed by atoms with van der Waals surface area (Å²) in [4.78, 5) is 24.8. The molecule has 5 nitrogen and oxygen atoms in total. The third kappa shape index (κ3) is 5.85. The van der Waals surface area contributed by atoms with Crippen molar-refractivity contribution in [1.29, 1.82) is 0 Å². The predicted octanol–water partition coefficient (Wildman–Crippen LogP) is 3.24. The van der Waals surface area contributed by atoms with Gasteiger partial charge < -0.3 is 14.8 Å². The summed E-state index contributed by atoms with van der Waals surface area (Å²) >= 11 is 1.41. The minimum atomic E-state index is -0.397. The van der Waals surface area contributed by atoms with Gasteiger partial charge in [-0.25, -0.2) is 4.79 Å². The Morgan fingerprint density at radius 2 is 2.00 bits per heavy atom. The summed E-state index contributed by atoms with van der Waals surface area (Å²) in [6.45, 7) is 7.14. The lowest BCUT2D eigenvalue weighted by Gasteiger charge is -2.06. The van der Waals surface area contributed by atoms with E-state index in [1.165, 1.54) is 11.3 Å². The second-order valence-electron chi connectivity index (χ2n) is 4.44. The Hall–Kier alpha value is -1.40. The molecule has 6 heteroatoms. The van der Waals surface area contributed by atoms with E-state index >= 15 is 0 Å². The molecule has 0 fully saturated rings. The van der Waals surface area contributed by atoms with Gasteiger partial charge in [-0.3, -0.25) is 4.79 Å². The van der Waals surface area contributed by atoms with Crippen molar-refractivity contribution in [2.24, 2.45) is 0 Å². The summed E-state index contributed by atoms with van der Waals surface area (Å²) in [5, 5.41) is 3.34. The Morgan fingerprint density at radius 1 is 1.24 bits per heavy atom. The molecule has 0 aromatic carbocycles. The van der Waals surface area contributed by atoms with Gasteiger partial charge in [-0.1, -0.05) is 13.8 Å². The first-order chi connectivity index (χ1) is 10.1. The molecule has 0 unspecified atom stereocenters. The van der Waals surface area contributed by atoms with Crippen molar-refractivity contribution in [3.63, 3.8) is 0 Å². The maximum absolute atomic E-state index is 11.9. The van der Waals surface area contributed by atoms with Crippen LogP contribution in [0.15, 0.2) is 6.07 Å². The van der Waals surface area contributed by atoms with E-state index in [-0.39, 0.29) is 12.3 Å². The van der Waals surface area contributed by atoms with Gasteiger partial charge in [-0.15, -0.1) is 11.3 Å². The van der Waals surface area contributed by atoms with Gasteiger partial charge in [-0.2, -0.15) is 0 Å². The molecule has 1 aromatic rings. The van der Waals surface area contributed by atoms with E-state index in [1.54, 1.807) is 13.0 Å². The predicted molar refractivity (Wildman–Crippen MR) is 84.0 cm³/mol. The number of aryl methyl sites for hydroxylation is 1. The topological polar surface area (TPSA) is 64.6 Å². The van der Waals surface area contributed by atoms with Crippen LogP contribution in [-0.2, 0) is 20.7 Å². The molecular weight excluding hydrogens is 290 g/mol. The van der Waals surface area contributed by atoms with E-state index in [1.807, 2.05) is 13.8 Å². The fourth-order valence-electron chi connectivity index (χ4n) is 1.67. The van der Waals surface area contributed by atoms with Crippen LogP contribution in [0.3, 0.4) is 0 Å². The van der Waals surface area contributed by atoms with Gasteiger partial charge in [0.1, 0.15) is 5.00 Å². The van der Waals surface area contributed by atoms with Gasteiger partial charge in [0.2, 0.25) is 5.91 Å². The molecule has 1 amide bonds. The minimum absolute atomic E-state index is 0.152. The molecule has 0 radical (unpaired) electrons. The summed E-state index contributed by atoms with van der Waals surface area (Å²) in [5.74, 6) is -0.549. The van der Waals surface area contributed by atoms with Crippen molar-refractivity contribution >= 4 is 28.2 Å². The van der Waals surface area contributed by atoms with Crippen molar-refractivity contribution in [2.45, 2.75) is 40.0 Å². The number of hydrogen-bond donors (Lipinski definition) is 1. The molecular formula is C15H23NO4S. The maximum Gasteiger partial charge on any atom is 0.341 e. The number of carbonyl (C=O) groups excluding carboxylic acids is 2. The first kappa shape index (κ1) is 17.7. The Labute approximate surface area is 129 Å². The highest BCUT2D eigenvalue weighted by atomic mass is 32.1. The monoisotopic (exact) mass is 313 g/mol. The number of ether oxygens (including phenoxy) is 2. The summed E-state index contributed by atoms with van der Waals surface area (Å²) < 4.78 is 10.3. The molecule has 1 heterocycles. The average molecular weight is 313 g/mol. The largest absolute Gasteiger partial charge is 0.462 e. The molecule has 0 saturated heterocycles. The number of hydrogen-bond acceptors (Lipinski definition) is 5. The fraction of sp³-hybridized carbons (Fsp3) is 0.600. The molecule has 21 heavy (non-hydrogen) atoms. The minimum Gasteiger partial charge on any atom is -0.462 e. The summed E-state index contributed by atoms with van der Waals surface area (Å²) in [5.41, 5.74) is 0.432. The van der Waals surface area contributed by atoms with Crippen LogP contribution in [0.4, 0.5) is 5.00 Å². The van der Waals surface area contributed by atoms with Crippen LogP contribution in [-0.4, -0.2) is 31.7 Å². The molecule has 0 bridgehead atoms. The number of nitrogens with one attached hydrogen (secondary N) is 1. The van der Waals surface area contributed by atoms with Crippen molar-refractivity contribution in [3.05, 3.63) is 16.5 Å². The van der Waals surface area contributed by atoms with Crippen molar-refractivity contribution < 1.29 is 19.1 Å². The highest BCUT2D eigenvalue weighted by Crippen LogP contribution is 2.29. The highest BCUT2D eigenvalue weighted by Gasteiger charge is 2.18. The van der Waals surface area contributed by atoms with Crippen LogP contribution < -0.4 is 5.32 Å². The normalized spacial score (nSPS) is 10.4. The van der Waals surface area contributed by atoms with Crippen molar-refractivity contribution in [2.75, 3.05) is 25.1 Å². The van der Waals surface area contributed by atoms with Crippen LogP contribution in [0.2, 0.25) is 0 Å². The van der Waals surface area contributed by atoms with Crippen molar-refractivity contribution in [1.82, 2.24) is 0 Å². The summed E-state index contributed by atoms with van der Waals surface area (Å²) in [6, 6.07) is 1.78. The zero-order valence-corrected chi connectivity index (χ0v) is 13.7. The molecule has 0 aliphatic heterocycles. The molecule has 118 valence electrons. The van der Waals surface area contributed by atoms with E-state index in [4.69, 9.17) is 9.47 Å². The maximum atomic E-state index is 11.9. The van der Waals surface area contributed by atoms with Crippen LogP contribution >= 0.6 is 11.3 Å². The number of amides is 1. The SMILES string of the molecule is CCCOCCC(=O)Nc1sc(CC)cc1C(=O)OCC. The van der Waals surface area contributed by atoms with E-state index in [0.717, 1.165) is 17.7 Å². The molecule has 1 rings (SSSR count). The first-order valence-corrected chi connectivity index (χ1v) is 8.11. The van der Waals surface area contributed by atoms with Crippen LogP contribution in [0.25, 0.3) is 0 Å². The molecule has 0 aliphatic carbocycles. The zero-order chi connectivity index (χ0) is 15.7. The van der Waals surface area contributed by atoms with Crippen LogP contribution in [0.5, 0.6) is 0 Å². The quantitative estimate of drug-likeness (QED) is 0.561. The zero-order valence-electron chi connectivity index (χ0n) is 12.9. The van der Waals surface area contributed by atoms with Gasteiger partial charge >= 0.3 is 5.97 Å². The Morgan fingerprint density at radius 3 is 2.62 bits per heavy atom. The fourth-order valence-corrected chi connectivity index (χ4v) is 2.67. The van der Waals surface area contributed by atoms with Gasteiger partial charge in [0.15, 0.2) is 0 Å². The van der Waals surface area contributed by atoms with E-state index in [2.05, 4.69) is 5.32 Å². The number of carbonyl (C=O) groups is 2. The van der Waals surface area contributed by atoms with E-state index < -0.39 is 5.97 Å². The number of thiophene rings is 1. The van der Waals surface area contributed by atoms with E-state index in [0.29, 0.717) is 30.4 Å². The second-order valence-corrected chi connectivity index (χ2v) is 5.58. The molecule has 0 spiro atoms. The third-order valence-corrected chi connectivity index (χ3v) is 3.90. The van der Waals surface area contributed by atoms with Crippen LogP contribution in [0.1, 0.15) is 48.8 Å². The molecule has 0 atom stereocenters. The standard InChI is InChI=1S/C15H23NO4S/c1-4-8-19-9-7-13(17)16-14-12(15(18)20-6-3)10-11(5-2)21-14/h10H,4-9H2,1-3H3,(H,16,17). The molecule has 1 aromatic heterocycles.